The van der Waals surface area contributed by atoms with Gasteiger partial charge in [0.05, 0.1) is 0 Å². The van der Waals surface area contributed by atoms with Crippen LogP contribution in [0.2, 0.25) is 0 Å². The molecule has 1 aliphatic heterocycles. The predicted molar refractivity (Wildman–Crippen MR) is 119 cm³/mol. The molecule has 4 aromatic rings. The Hall–Kier alpha value is -2.58. The van der Waals surface area contributed by atoms with E-state index in [1.807, 2.05) is 0 Å². The summed E-state index contributed by atoms with van der Waals surface area (Å²) in [6.45, 7) is 5.75. The zero-order chi connectivity index (χ0) is 19.3. The van der Waals surface area contributed by atoms with E-state index in [-0.39, 0.29) is 0 Å². The Balaban J connectivity index is 1.59. The molecule has 0 amide bonds. The van der Waals surface area contributed by atoms with Crippen molar-refractivity contribution in [3.8, 4) is 0 Å². The first-order chi connectivity index (χ1) is 13.6. The van der Waals surface area contributed by atoms with Gasteiger partial charge in [0.15, 0.2) is 0 Å². The number of aromatic nitrogens is 1. The minimum atomic E-state index is 0.461. The molecule has 0 fully saturated rings. The molecule has 3 aromatic carbocycles. The largest absolute Gasteiger partial charge is 0.344 e. The molecular formula is C26H28N2. The second kappa shape index (κ2) is 6.79. The van der Waals surface area contributed by atoms with Gasteiger partial charge in [-0.15, -0.1) is 0 Å². The molecule has 0 radical (unpaired) electrons. The summed E-state index contributed by atoms with van der Waals surface area (Å²) < 4.78 is 2.60. The van der Waals surface area contributed by atoms with Crippen molar-refractivity contribution in [3.63, 3.8) is 0 Å². The number of aryl methyl sites for hydroxylation is 2. The minimum Gasteiger partial charge on any atom is -0.344 e. The summed E-state index contributed by atoms with van der Waals surface area (Å²) >= 11 is 0. The van der Waals surface area contributed by atoms with Gasteiger partial charge in [0, 0.05) is 41.6 Å². The van der Waals surface area contributed by atoms with Crippen molar-refractivity contribution >= 4 is 21.7 Å². The third kappa shape index (κ3) is 2.67. The number of benzene rings is 3. The zero-order valence-corrected chi connectivity index (χ0v) is 17.0. The molecule has 2 heteroatoms. The van der Waals surface area contributed by atoms with E-state index >= 15 is 0 Å². The number of likely N-dealkylation sites (N-methyl/N-ethyl adjacent to an activating group) is 1. The predicted octanol–water partition coefficient (Wildman–Crippen LogP) is 5.97. The van der Waals surface area contributed by atoms with Crippen molar-refractivity contribution in [3.05, 3.63) is 83.6 Å². The lowest BCUT2D eigenvalue weighted by Gasteiger charge is -2.37. The van der Waals surface area contributed by atoms with E-state index in [9.17, 15) is 0 Å². The molecule has 142 valence electrons. The van der Waals surface area contributed by atoms with Crippen LogP contribution in [0.5, 0.6) is 0 Å². The maximum absolute atomic E-state index is 2.60. The zero-order valence-electron chi connectivity index (χ0n) is 17.0. The van der Waals surface area contributed by atoms with Crippen LogP contribution in [-0.2, 0) is 19.4 Å². The highest BCUT2D eigenvalue weighted by Gasteiger charge is 2.31. The van der Waals surface area contributed by atoms with Gasteiger partial charge in [0.1, 0.15) is 0 Å². The normalized spacial score (nSPS) is 20.0. The molecule has 0 spiro atoms. The highest BCUT2D eigenvalue weighted by atomic mass is 15.2. The fourth-order valence-electron chi connectivity index (χ4n) is 5.08. The standard InChI is InChI=1S/C26H28N2/c1-18-17-25-26(19(2)27(18)3)23-13-6-7-14-24(23)28(25)16-15-21-11-8-10-20-9-4-5-12-22(20)21/h4-14,18-19H,15-17H2,1-3H3. The third-order valence-corrected chi connectivity index (χ3v) is 6.82. The molecule has 1 aromatic heterocycles. The highest BCUT2D eigenvalue weighted by molar-refractivity contribution is 5.87. The molecule has 2 unspecified atom stereocenters. The SMILES string of the molecule is CC1Cc2c(c3ccccc3n2CCc2cccc3ccccc23)C(C)N1C. The van der Waals surface area contributed by atoms with E-state index in [2.05, 4.69) is 97.1 Å². The lowest BCUT2D eigenvalue weighted by atomic mass is 9.93. The van der Waals surface area contributed by atoms with Gasteiger partial charge in [0.2, 0.25) is 0 Å². The van der Waals surface area contributed by atoms with E-state index < -0.39 is 0 Å². The Morgan fingerprint density at radius 1 is 0.857 bits per heavy atom. The Bertz CT molecular complexity index is 1150. The van der Waals surface area contributed by atoms with Gasteiger partial charge < -0.3 is 4.57 Å². The van der Waals surface area contributed by atoms with Gasteiger partial charge in [-0.05, 0) is 55.3 Å². The molecule has 2 nitrogen and oxygen atoms in total. The second-order valence-electron chi connectivity index (χ2n) is 8.31. The molecule has 5 rings (SSSR count). The third-order valence-electron chi connectivity index (χ3n) is 6.82. The van der Waals surface area contributed by atoms with Crippen LogP contribution in [0.25, 0.3) is 21.7 Å². The quantitative estimate of drug-likeness (QED) is 0.432. The van der Waals surface area contributed by atoms with Gasteiger partial charge in [-0.3, -0.25) is 4.90 Å². The Labute approximate surface area is 167 Å². The summed E-state index contributed by atoms with van der Waals surface area (Å²) in [5, 5.41) is 4.15. The molecule has 1 aliphatic rings. The molecule has 0 saturated carbocycles. The highest BCUT2D eigenvalue weighted by Crippen LogP contribution is 2.39. The fraction of sp³-hybridized carbons (Fsp3) is 0.308. The van der Waals surface area contributed by atoms with Gasteiger partial charge in [-0.1, -0.05) is 60.7 Å². The first kappa shape index (κ1) is 17.5. The lowest BCUT2D eigenvalue weighted by molar-refractivity contribution is 0.177. The first-order valence-corrected chi connectivity index (χ1v) is 10.4. The van der Waals surface area contributed by atoms with E-state index in [0.29, 0.717) is 12.1 Å². The van der Waals surface area contributed by atoms with Crippen LogP contribution in [0.4, 0.5) is 0 Å². The monoisotopic (exact) mass is 368 g/mol. The summed E-state index contributed by atoms with van der Waals surface area (Å²) in [6.07, 6.45) is 2.19. The molecule has 0 bridgehead atoms. The summed E-state index contributed by atoms with van der Waals surface area (Å²) in [5.74, 6) is 0. The molecule has 0 aliphatic carbocycles. The van der Waals surface area contributed by atoms with Crippen LogP contribution in [-0.4, -0.2) is 22.6 Å². The van der Waals surface area contributed by atoms with Crippen molar-refractivity contribution in [1.82, 2.24) is 9.47 Å². The summed E-state index contributed by atoms with van der Waals surface area (Å²) in [5.41, 5.74) is 5.91. The summed E-state index contributed by atoms with van der Waals surface area (Å²) in [7, 11) is 2.26. The van der Waals surface area contributed by atoms with Crippen molar-refractivity contribution in [2.45, 2.75) is 45.3 Å². The maximum atomic E-state index is 2.60. The minimum absolute atomic E-state index is 0.461. The van der Waals surface area contributed by atoms with Crippen LogP contribution in [0.3, 0.4) is 0 Å². The van der Waals surface area contributed by atoms with Gasteiger partial charge in [-0.2, -0.15) is 0 Å². The van der Waals surface area contributed by atoms with Gasteiger partial charge in [0.25, 0.3) is 0 Å². The average Bonchev–Trinajstić information content (AvgIpc) is 3.03. The number of rotatable bonds is 3. The van der Waals surface area contributed by atoms with E-state index in [1.165, 1.54) is 32.8 Å². The van der Waals surface area contributed by atoms with Crippen LogP contribution in [0, 0.1) is 0 Å². The number of para-hydroxylation sites is 1. The molecule has 0 N–H and O–H groups in total. The van der Waals surface area contributed by atoms with E-state index in [1.54, 1.807) is 5.69 Å². The van der Waals surface area contributed by atoms with E-state index in [0.717, 1.165) is 19.4 Å². The molecule has 0 saturated heterocycles. The van der Waals surface area contributed by atoms with Crippen LogP contribution in [0.15, 0.2) is 66.7 Å². The van der Waals surface area contributed by atoms with Gasteiger partial charge in [-0.25, -0.2) is 0 Å². The Morgan fingerprint density at radius 2 is 1.57 bits per heavy atom. The summed E-state index contributed by atoms with van der Waals surface area (Å²) in [6, 6.07) is 25.5. The number of hydrogen-bond donors (Lipinski definition) is 0. The van der Waals surface area contributed by atoms with Crippen molar-refractivity contribution < 1.29 is 0 Å². The average molecular weight is 369 g/mol. The van der Waals surface area contributed by atoms with Crippen LogP contribution in [0.1, 0.15) is 36.7 Å². The van der Waals surface area contributed by atoms with Crippen LogP contribution < -0.4 is 0 Å². The Kier molecular flexibility index (Phi) is 4.25. The van der Waals surface area contributed by atoms with Crippen molar-refractivity contribution in [1.29, 1.82) is 0 Å². The van der Waals surface area contributed by atoms with Crippen molar-refractivity contribution in [2.75, 3.05) is 7.05 Å². The molecule has 2 atom stereocenters. The first-order valence-electron chi connectivity index (χ1n) is 10.4. The number of fused-ring (bicyclic) bond motifs is 4. The summed E-state index contributed by atoms with van der Waals surface area (Å²) in [4.78, 5) is 2.52. The van der Waals surface area contributed by atoms with Gasteiger partial charge >= 0.3 is 0 Å². The second-order valence-corrected chi connectivity index (χ2v) is 8.31. The van der Waals surface area contributed by atoms with Crippen molar-refractivity contribution in [2.24, 2.45) is 0 Å². The number of hydrogen-bond acceptors (Lipinski definition) is 1. The fourth-order valence-corrected chi connectivity index (χ4v) is 5.08. The molecule has 28 heavy (non-hydrogen) atoms. The smallest absolute Gasteiger partial charge is 0.0486 e. The molecule has 2 heterocycles. The topological polar surface area (TPSA) is 8.17 Å². The lowest BCUT2D eigenvalue weighted by Crippen LogP contribution is -2.38. The Morgan fingerprint density at radius 3 is 2.43 bits per heavy atom. The number of nitrogens with zero attached hydrogens (tertiary/aromatic N) is 2. The molecular weight excluding hydrogens is 340 g/mol. The maximum Gasteiger partial charge on any atom is 0.0486 e. The van der Waals surface area contributed by atoms with Crippen LogP contribution >= 0.6 is 0 Å². The van der Waals surface area contributed by atoms with E-state index in [4.69, 9.17) is 0 Å².